The van der Waals surface area contributed by atoms with Crippen molar-refractivity contribution in [2.24, 2.45) is 0 Å². The van der Waals surface area contributed by atoms with E-state index in [9.17, 15) is 9.90 Å². The lowest BCUT2D eigenvalue weighted by Gasteiger charge is -2.23. The van der Waals surface area contributed by atoms with Crippen LogP contribution >= 0.6 is 0 Å². The van der Waals surface area contributed by atoms with Gasteiger partial charge in [0.25, 0.3) is 0 Å². The normalized spacial score (nSPS) is 20.1. The number of rotatable bonds is 6. The molecule has 1 fully saturated rings. The predicted octanol–water partition coefficient (Wildman–Crippen LogP) is 1.85. The monoisotopic (exact) mass is 277 g/mol. The third-order valence-electron chi connectivity index (χ3n) is 3.88. The van der Waals surface area contributed by atoms with Crippen LogP contribution in [-0.4, -0.2) is 41.7 Å². The number of hydrogen-bond acceptors (Lipinski definition) is 4. The number of aliphatic carboxylic acids is 1. The van der Waals surface area contributed by atoms with Crippen LogP contribution in [-0.2, 0) is 4.79 Å². The number of pyridine rings is 1. The van der Waals surface area contributed by atoms with Gasteiger partial charge in [-0.25, -0.2) is 4.98 Å². The molecule has 0 aromatic carbocycles. The highest BCUT2D eigenvalue weighted by molar-refractivity contribution is 5.78. The van der Waals surface area contributed by atoms with E-state index >= 15 is 0 Å². The first-order valence-electron chi connectivity index (χ1n) is 7.33. The van der Waals surface area contributed by atoms with E-state index in [1.165, 1.54) is 0 Å². The van der Waals surface area contributed by atoms with Gasteiger partial charge >= 0.3 is 5.97 Å². The summed E-state index contributed by atoms with van der Waals surface area (Å²) in [5.74, 6) is -0.414. The standard InChI is InChI=1S/C15H23N3O2/c1-3-12(15(19)20)13-6-5-8-17-14(13)18-9-7-11(10-18)16-4-2/h5-6,8,11-12,16H,3-4,7,9-10H2,1-2H3,(H,19,20)/t11-,12?/m0/s1. The van der Waals surface area contributed by atoms with Gasteiger partial charge in [-0.15, -0.1) is 0 Å². The summed E-state index contributed by atoms with van der Waals surface area (Å²) < 4.78 is 0. The molecule has 0 saturated carbocycles. The van der Waals surface area contributed by atoms with Crippen LogP contribution in [0, 0.1) is 0 Å². The summed E-state index contributed by atoms with van der Waals surface area (Å²) in [7, 11) is 0. The van der Waals surface area contributed by atoms with Gasteiger partial charge in [0.05, 0.1) is 5.92 Å². The first-order chi connectivity index (χ1) is 9.67. The third kappa shape index (κ3) is 3.10. The number of carboxylic acid groups (broad SMARTS) is 1. The summed E-state index contributed by atoms with van der Waals surface area (Å²) in [4.78, 5) is 18.1. The van der Waals surface area contributed by atoms with E-state index in [4.69, 9.17) is 0 Å². The number of nitrogens with zero attached hydrogens (tertiary/aromatic N) is 2. The number of carboxylic acids is 1. The molecule has 0 spiro atoms. The Bertz CT molecular complexity index is 464. The second-order valence-corrected chi connectivity index (χ2v) is 5.20. The summed E-state index contributed by atoms with van der Waals surface area (Å²) in [5, 5.41) is 12.8. The van der Waals surface area contributed by atoms with Crippen LogP contribution in [0.3, 0.4) is 0 Å². The summed E-state index contributed by atoms with van der Waals surface area (Å²) in [6, 6.07) is 4.19. The van der Waals surface area contributed by atoms with Crippen LogP contribution in [0.1, 0.15) is 38.2 Å². The van der Waals surface area contributed by atoms with Crippen LogP contribution in [0.15, 0.2) is 18.3 Å². The molecule has 2 atom stereocenters. The highest BCUT2D eigenvalue weighted by Gasteiger charge is 2.28. The Morgan fingerprint density at radius 2 is 2.40 bits per heavy atom. The van der Waals surface area contributed by atoms with Gasteiger partial charge in [0.1, 0.15) is 5.82 Å². The molecule has 1 saturated heterocycles. The Labute approximate surface area is 120 Å². The SMILES string of the molecule is CCN[C@H]1CCN(c2ncccc2C(CC)C(=O)O)C1. The van der Waals surface area contributed by atoms with Crippen LogP contribution in [0.5, 0.6) is 0 Å². The number of aromatic nitrogens is 1. The Balaban J connectivity index is 2.22. The highest BCUT2D eigenvalue weighted by Crippen LogP contribution is 2.30. The van der Waals surface area contributed by atoms with Gasteiger partial charge in [-0.2, -0.15) is 0 Å². The second-order valence-electron chi connectivity index (χ2n) is 5.20. The molecule has 1 aromatic rings. The van der Waals surface area contributed by atoms with E-state index in [1.807, 2.05) is 19.1 Å². The Morgan fingerprint density at radius 3 is 3.05 bits per heavy atom. The maximum absolute atomic E-state index is 11.4. The van der Waals surface area contributed by atoms with Crippen LogP contribution in [0.25, 0.3) is 0 Å². The molecule has 1 aliphatic heterocycles. The smallest absolute Gasteiger partial charge is 0.311 e. The summed E-state index contributed by atoms with van der Waals surface area (Å²) in [6.45, 7) is 6.79. The lowest BCUT2D eigenvalue weighted by atomic mass is 9.97. The second kappa shape index (κ2) is 6.70. The van der Waals surface area contributed by atoms with Gasteiger partial charge < -0.3 is 15.3 Å². The molecule has 20 heavy (non-hydrogen) atoms. The molecule has 1 aromatic heterocycles. The van der Waals surface area contributed by atoms with E-state index in [-0.39, 0.29) is 0 Å². The first kappa shape index (κ1) is 14.8. The van der Waals surface area contributed by atoms with E-state index in [0.29, 0.717) is 12.5 Å². The maximum atomic E-state index is 11.4. The molecule has 1 unspecified atom stereocenters. The van der Waals surface area contributed by atoms with Gasteiger partial charge in [-0.1, -0.05) is 19.9 Å². The number of nitrogens with one attached hydrogen (secondary N) is 1. The minimum atomic E-state index is -0.774. The van der Waals surface area contributed by atoms with Crippen molar-refractivity contribution in [3.63, 3.8) is 0 Å². The van der Waals surface area contributed by atoms with Gasteiger partial charge in [0.2, 0.25) is 0 Å². The molecule has 0 amide bonds. The van der Waals surface area contributed by atoms with E-state index in [0.717, 1.165) is 37.4 Å². The average Bonchev–Trinajstić information content (AvgIpc) is 2.89. The van der Waals surface area contributed by atoms with Gasteiger partial charge in [0.15, 0.2) is 0 Å². The fraction of sp³-hybridized carbons (Fsp3) is 0.600. The average molecular weight is 277 g/mol. The van der Waals surface area contributed by atoms with E-state index in [2.05, 4.69) is 22.1 Å². The molecular weight excluding hydrogens is 254 g/mol. The van der Waals surface area contributed by atoms with Crippen molar-refractivity contribution in [2.45, 2.75) is 38.6 Å². The largest absolute Gasteiger partial charge is 0.481 e. The number of carbonyl (C=O) groups is 1. The lowest BCUT2D eigenvalue weighted by Crippen LogP contribution is -2.33. The Kier molecular flexibility index (Phi) is 4.95. The van der Waals surface area contributed by atoms with Crippen LogP contribution < -0.4 is 10.2 Å². The van der Waals surface area contributed by atoms with Gasteiger partial charge in [0, 0.05) is 30.9 Å². The minimum Gasteiger partial charge on any atom is -0.481 e. The predicted molar refractivity (Wildman–Crippen MR) is 79.2 cm³/mol. The maximum Gasteiger partial charge on any atom is 0.311 e. The van der Waals surface area contributed by atoms with Crippen LogP contribution in [0.2, 0.25) is 0 Å². The molecule has 2 rings (SSSR count). The van der Waals surface area contributed by atoms with Crippen molar-refractivity contribution < 1.29 is 9.90 Å². The van der Waals surface area contributed by atoms with Gasteiger partial charge in [-0.3, -0.25) is 4.79 Å². The quantitative estimate of drug-likeness (QED) is 0.830. The Hall–Kier alpha value is -1.62. The molecule has 0 bridgehead atoms. The van der Waals surface area contributed by atoms with Crippen molar-refractivity contribution in [1.82, 2.24) is 10.3 Å². The van der Waals surface area contributed by atoms with Crippen molar-refractivity contribution in [1.29, 1.82) is 0 Å². The fourth-order valence-electron chi connectivity index (χ4n) is 2.88. The fourth-order valence-corrected chi connectivity index (χ4v) is 2.88. The van der Waals surface area contributed by atoms with E-state index in [1.54, 1.807) is 6.20 Å². The first-order valence-corrected chi connectivity index (χ1v) is 7.33. The third-order valence-corrected chi connectivity index (χ3v) is 3.88. The minimum absolute atomic E-state index is 0.472. The summed E-state index contributed by atoms with van der Waals surface area (Å²) in [6.07, 6.45) is 3.40. The van der Waals surface area contributed by atoms with Crippen molar-refractivity contribution in [3.05, 3.63) is 23.9 Å². The molecule has 1 aliphatic rings. The van der Waals surface area contributed by atoms with Crippen molar-refractivity contribution in [2.75, 3.05) is 24.5 Å². The Morgan fingerprint density at radius 1 is 1.60 bits per heavy atom. The van der Waals surface area contributed by atoms with E-state index < -0.39 is 11.9 Å². The molecule has 2 N–H and O–H groups in total. The lowest BCUT2D eigenvalue weighted by molar-refractivity contribution is -0.138. The number of hydrogen-bond donors (Lipinski definition) is 2. The number of likely N-dealkylation sites (N-methyl/N-ethyl adjacent to an activating group) is 1. The molecule has 0 radical (unpaired) electrons. The zero-order valence-electron chi connectivity index (χ0n) is 12.2. The molecule has 0 aliphatic carbocycles. The highest BCUT2D eigenvalue weighted by atomic mass is 16.4. The molecule has 5 nitrogen and oxygen atoms in total. The number of anilines is 1. The van der Waals surface area contributed by atoms with Crippen molar-refractivity contribution in [3.8, 4) is 0 Å². The molecule has 2 heterocycles. The topological polar surface area (TPSA) is 65.5 Å². The molecular formula is C15H23N3O2. The van der Waals surface area contributed by atoms with Crippen molar-refractivity contribution >= 4 is 11.8 Å². The molecule has 5 heteroatoms. The van der Waals surface area contributed by atoms with Crippen LogP contribution in [0.4, 0.5) is 5.82 Å². The summed E-state index contributed by atoms with van der Waals surface area (Å²) >= 11 is 0. The van der Waals surface area contributed by atoms with Gasteiger partial charge in [-0.05, 0) is 25.5 Å². The molecule has 110 valence electrons. The zero-order chi connectivity index (χ0) is 14.5. The zero-order valence-corrected chi connectivity index (χ0v) is 12.2. The summed E-state index contributed by atoms with van der Waals surface area (Å²) in [5.41, 5.74) is 0.833.